The van der Waals surface area contributed by atoms with Gasteiger partial charge in [0.25, 0.3) is 0 Å². The Balaban J connectivity index is 2.54. The molecule has 0 bridgehead atoms. The zero-order valence-corrected chi connectivity index (χ0v) is 13.4. The van der Waals surface area contributed by atoms with Crippen LogP contribution in [0.2, 0.25) is 0 Å². The van der Waals surface area contributed by atoms with Crippen molar-refractivity contribution in [3.8, 4) is 0 Å². The van der Waals surface area contributed by atoms with Gasteiger partial charge in [-0.3, -0.25) is 0 Å². The Kier molecular flexibility index (Phi) is 5.70. The van der Waals surface area contributed by atoms with Crippen molar-refractivity contribution in [2.75, 3.05) is 6.54 Å². The first-order valence-electron chi connectivity index (χ1n) is 8.03. The molecule has 0 aromatic rings. The highest BCUT2D eigenvalue weighted by Gasteiger charge is 2.38. The molecule has 108 valence electrons. The normalized spacial score (nSPS) is 31.3. The molecule has 0 saturated heterocycles. The third kappa shape index (κ3) is 4.26. The molecule has 18 heavy (non-hydrogen) atoms. The molecule has 1 fully saturated rings. The molecule has 1 heteroatoms. The van der Waals surface area contributed by atoms with E-state index in [1.165, 1.54) is 44.9 Å². The molecule has 0 aromatic heterocycles. The van der Waals surface area contributed by atoms with E-state index in [2.05, 4.69) is 34.6 Å². The van der Waals surface area contributed by atoms with Crippen LogP contribution in [0.5, 0.6) is 0 Å². The summed E-state index contributed by atoms with van der Waals surface area (Å²) in [7, 11) is 0. The van der Waals surface area contributed by atoms with Gasteiger partial charge in [-0.1, -0.05) is 47.5 Å². The summed E-state index contributed by atoms with van der Waals surface area (Å²) < 4.78 is 0. The van der Waals surface area contributed by atoms with Crippen LogP contribution in [0.3, 0.4) is 0 Å². The third-order valence-corrected chi connectivity index (χ3v) is 5.27. The van der Waals surface area contributed by atoms with E-state index in [0.717, 1.165) is 18.4 Å². The molecule has 0 heterocycles. The molecule has 1 aliphatic carbocycles. The lowest BCUT2D eigenvalue weighted by Crippen LogP contribution is -2.38. The third-order valence-electron chi connectivity index (χ3n) is 5.27. The molecular formula is C17H35N. The fourth-order valence-electron chi connectivity index (χ4n) is 3.92. The molecular weight excluding hydrogens is 218 g/mol. The van der Waals surface area contributed by atoms with Crippen molar-refractivity contribution in [1.82, 2.24) is 0 Å². The van der Waals surface area contributed by atoms with Crippen LogP contribution in [0.4, 0.5) is 0 Å². The van der Waals surface area contributed by atoms with Crippen LogP contribution in [-0.2, 0) is 0 Å². The minimum Gasteiger partial charge on any atom is -0.330 e. The van der Waals surface area contributed by atoms with Gasteiger partial charge in [-0.05, 0) is 61.3 Å². The molecule has 0 radical (unpaired) electrons. The second-order valence-corrected chi connectivity index (χ2v) is 7.94. The molecule has 0 aromatic carbocycles. The number of hydrogen-bond donors (Lipinski definition) is 1. The van der Waals surface area contributed by atoms with Crippen LogP contribution in [0, 0.1) is 22.7 Å². The largest absolute Gasteiger partial charge is 0.330 e. The molecule has 0 spiro atoms. The summed E-state index contributed by atoms with van der Waals surface area (Å²) in [5, 5.41) is 0. The standard InChI is InChI=1S/C17H35N/c1-6-7-14(2)12-17(13-18)10-8-15(9-11-17)16(3,4)5/h14-15H,6-13,18H2,1-5H3. The van der Waals surface area contributed by atoms with Crippen molar-refractivity contribution < 1.29 is 0 Å². The quantitative estimate of drug-likeness (QED) is 0.733. The maximum Gasteiger partial charge on any atom is -0.00204 e. The van der Waals surface area contributed by atoms with Crippen molar-refractivity contribution in [3.63, 3.8) is 0 Å². The van der Waals surface area contributed by atoms with E-state index in [1.807, 2.05) is 0 Å². The van der Waals surface area contributed by atoms with Gasteiger partial charge in [0.2, 0.25) is 0 Å². The van der Waals surface area contributed by atoms with Gasteiger partial charge in [-0.15, -0.1) is 0 Å². The van der Waals surface area contributed by atoms with Crippen molar-refractivity contribution in [2.45, 2.75) is 79.6 Å². The monoisotopic (exact) mass is 253 g/mol. The Morgan fingerprint density at radius 3 is 2.17 bits per heavy atom. The minimum absolute atomic E-state index is 0.469. The molecule has 0 amide bonds. The summed E-state index contributed by atoms with van der Waals surface area (Å²) >= 11 is 0. The molecule has 2 N–H and O–H groups in total. The van der Waals surface area contributed by atoms with Gasteiger partial charge in [0.05, 0.1) is 0 Å². The van der Waals surface area contributed by atoms with E-state index in [0.29, 0.717) is 10.8 Å². The van der Waals surface area contributed by atoms with E-state index in [1.54, 1.807) is 0 Å². The van der Waals surface area contributed by atoms with Gasteiger partial charge >= 0.3 is 0 Å². The molecule has 1 rings (SSSR count). The Hall–Kier alpha value is -0.0400. The average molecular weight is 253 g/mol. The van der Waals surface area contributed by atoms with Crippen LogP contribution < -0.4 is 5.73 Å². The lowest BCUT2D eigenvalue weighted by molar-refractivity contribution is 0.0737. The average Bonchev–Trinajstić information content (AvgIpc) is 2.28. The summed E-state index contributed by atoms with van der Waals surface area (Å²) in [5.41, 5.74) is 7.09. The van der Waals surface area contributed by atoms with Crippen molar-refractivity contribution in [3.05, 3.63) is 0 Å². The summed E-state index contributed by atoms with van der Waals surface area (Å²) in [6, 6.07) is 0. The Bertz CT molecular complexity index is 230. The van der Waals surface area contributed by atoms with E-state index < -0.39 is 0 Å². The van der Waals surface area contributed by atoms with Gasteiger partial charge in [0.15, 0.2) is 0 Å². The highest BCUT2D eigenvalue weighted by molar-refractivity contribution is 4.90. The number of hydrogen-bond acceptors (Lipinski definition) is 1. The number of rotatable bonds is 5. The maximum atomic E-state index is 6.14. The fourth-order valence-corrected chi connectivity index (χ4v) is 3.92. The highest BCUT2D eigenvalue weighted by Crippen LogP contribution is 2.47. The van der Waals surface area contributed by atoms with Crippen LogP contribution in [-0.4, -0.2) is 6.54 Å². The summed E-state index contributed by atoms with van der Waals surface area (Å²) in [4.78, 5) is 0. The zero-order chi connectivity index (χ0) is 13.8. The van der Waals surface area contributed by atoms with Crippen LogP contribution in [0.25, 0.3) is 0 Å². The smallest absolute Gasteiger partial charge is 0.00204 e. The fraction of sp³-hybridized carbons (Fsp3) is 1.00. The van der Waals surface area contributed by atoms with Gasteiger partial charge in [-0.25, -0.2) is 0 Å². The first-order valence-corrected chi connectivity index (χ1v) is 8.03. The van der Waals surface area contributed by atoms with Gasteiger partial charge in [0.1, 0.15) is 0 Å². The SMILES string of the molecule is CCCC(C)CC1(CN)CCC(C(C)(C)C)CC1. The van der Waals surface area contributed by atoms with Crippen LogP contribution >= 0.6 is 0 Å². The van der Waals surface area contributed by atoms with Crippen LogP contribution in [0.15, 0.2) is 0 Å². The Labute approximate surface area is 115 Å². The number of nitrogens with two attached hydrogens (primary N) is 1. The zero-order valence-electron chi connectivity index (χ0n) is 13.4. The second kappa shape index (κ2) is 6.41. The molecule has 0 aliphatic heterocycles. The first-order chi connectivity index (χ1) is 8.33. The highest BCUT2D eigenvalue weighted by atomic mass is 14.6. The van der Waals surface area contributed by atoms with Crippen molar-refractivity contribution in [1.29, 1.82) is 0 Å². The minimum atomic E-state index is 0.469. The van der Waals surface area contributed by atoms with Crippen molar-refractivity contribution >= 4 is 0 Å². The maximum absolute atomic E-state index is 6.14. The predicted octanol–water partition coefficient (Wildman–Crippen LogP) is 4.99. The van der Waals surface area contributed by atoms with Crippen LogP contribution in [0.1, 0.15) is 79.6 Å². The lowest BCUT2D eigenvalue weighted by Gasteiger charge is -2.45. The second-order valence-electron chi connectivity index (χ2n) is 7.94. The molecule has 1 saturated carbocycles. The van der Waals surface area contributed by atoms with E-state index >= 15 is 0 Å². The topological polar surface area (TPSA) is 26.0 Å². The van der Waals surface area contributed by atoms with Gasteiger partial charge < -0.3 is 5.73 Å². The molecule has 1 unspecified atom stereocenters. The molecule has 1 atom stereocenters. The summed E-state index contributed by atoms with van der Waals surface area (Å²) in [6.45, 7) is 12.8. The lowest BCUT2D eigenvalue weighted by atomic mass is 9.61. The van der Waals surface area contributed by atoms with E-state index in [9.17, 15) is 0 Å². The Morgan fingerprint density at radius 2 is 1.78 bits per heavy atom. The Morgan fingerprint density at radius 1 is 1.22 bits per heavy atom. The predicted molar refractivity (Wildman–Crippen MR) is 81.6 cm³/mol. The van der Waals surface area contributed by atoms with Gasteiger partial charge in [-0.2, -0.15) is 0 Å². The van der Waals surface area contributed by atoms with Gasteiger partial charge in [0, 0.05) is 0 Å². The van der Waals surface area contributed by atoms with Crippen molar-refractivity contribution in [2.24, 2.45) is 28.4 Å². The summed E-state index contributed by atoms with van der Waals surface area (Å²) in [5.74, 6) is 1.75. The van der Waals surface area contributed by atoms with E-state index in [-0.39, 0.29) is 0 Å². The van der Waals surface area contributed by atoms with E-state index in [4.69, 9.17) is 5.73 Å². The first kappa shape index (κ1) is 16.0. The molecule has 1 aliphatic rings. The summed E-state index contributed by atoms with van der Waals surface area (Å²) in [6.07, 6.45) is 9.53. The molecule has 1 nitrogen and oxygen atoms in total.